The molecule has 1 aliphatic carbocycles. The Hall–Kier alpha value is -2.03. The molecule has 8 heteroatoms. The quantitative estimate of drug-likeness (QED) is 0.752. The molecule has 0 bridgehead atoms. The first-order valence-corrected chi connectivity index (χ1v) is 11.4. The van der Waals surface area contributed by atoms with E-state index >= 15 is 0 Å². The number of hydrogen-bond acceptors (Lipinski definition) is 5. The SMILES string of the molecule is NC1CCN(S(=O)c2cccc3c(=O)n(COC(=O)C4CCCCC4)ccc23)C1. The van der Waals surface area contributed by atoms with Crippen LogP contribution < -0.4 is 11.3 Å². The maximum Gasteiger partial charge on any atom is 0.310 e. The lowest BCUT2D eigenvalue weighted by molar-refractivity contribution is -0.153. The Bertz CT molecular complexity index is 984. The minimum Gasteiger partial charge on any atom is -0.444 e. The Kier molecular flexibility index (Phi) is 6.12. The van der Waals surface area contributed by atoms with E-state index in [-0.39, 0.29) is 30.2 Å². The molecule has 2 heterocycles. The Labute approximate surface area is 172 Å². The highest BCUT2D eigenvalue weighted by molar-refractivity contribution is 7.83. The molecule has 4 rings (SSSR count). The molecular weight excluding hydrogens is 390 g/mol. The van der Waals surface area contributed by atoms with Crippen molar-refractivity contribution in [1.82, 2.24) is 8.87 Å². The van der Waals surface area contributed by atoms with Crippen molar-refractivity contribution in [3.05, 3.63) is 40.8 Å². The molecule has 156 valence electrons. The molecular formula is C21H27N3O4S. The molecule has 2 atom stereocenters. The molecule has 2 N–H and O–H groups in total. The first kappa shape index (κ1) is 20.3. The molecule has 2 aliphatic rings. The number of nitrogens with zero attached hydrogens (tertiary/aromatic N) is 2. The molecule has 1 saturated heterocycles. The van der Waals surface area contributed by atoms with Crippen LogP contribution in [-0.4, -0.2) is 38.2 Å². The van der Waals surface area contributed by atoms with Gasteiger partial charge in [-0.05, 0) is 37.5 Å². The van der Waals surface area contributed by atoms with E-state index in [0.717, 1.165) is 32.1 Å². The Balaban J connectivity index is 1.54. The second kappa shape index (κ2) is 8.77. The lowest BCUT2D eigenvalue weighted by atomic mass is 9.89. The fourth-order valence-corrected chi connectivity index (χ4v) is 5.61. The third-order valence-electron chi connectivity index (χ3n) is 5.87. The third kappa shape index (κ3) is 4.29. The van der Waals surface area contributed by atoms with E-state index in [1.807, 2.05) is 4.31 Å². The summed E-state index contributed by atoms with van der Waals surface area (Å²) in [5, 5.41) is 1.13. The van der Waals surface area contributed by atoms with Crippen LogP contribution in [0.3, 0.4) is 0 Å². The third-order valence-corrected chi connectivity index (χ3v) is 7.41. The van der Waals surface area contributed by atoms with Crippen molar-refractivity contribution < 1.29 is 13.7 Å². The van der Waals surface area contributed by atoms with E-state index < -0.39 is 11.0 Å². The van der Waals surface area contributed by atoms with Crippen molar-refractivity contribution in [3.63, 3.8) is 0 Å². The minimum atomic E-state index is -1.36. The monoisotopic (exact) mass is 417 g/mol. The number of carbonyl (C=O) groups excluding carboxylic acids is 1. The molecule has 29 heavy (non-hydrogen) atoms. The summed E-state index contributed by atoms with van der Waals surface area (Å²) in [6, 6.07) is 7.05. The summed E-state index contributed by atoms with van der Waals surface area (Å²) in [6.07, 6.45) is 7.42. The largest absolute Gasteiger partial charge is 0.444 e. The lowest BCUT2D eigenvalue weighted by Crippen LogP contribution is -2.29. The zero-order valence-electron chi connectivity index (χ0n) is 16.4. The van der Waals surface area contributed by atoms with E-state index in [1.165, 1.54) is 11.0 Å². The van der Waals surface area contributed by atoms with Crippen LogP contribution in [0.1, 0.15) is 38.5 Å². The predicted octanol–water partition coefficient (Wildman–Crippen LogP) is 2.14. The summed E-state index contributed by atoms with van der Waals surface area (Å²) < 4.78 is 21.6. The van der Waals surface area contributed by atoms with Gasteiger partial charge in [-0.15, -0.1) is 0 Å². The number of fused-ring (bicyclic) bond motifs is 1. The van der Waals surface area contributed by atoms with Gasteiger partial charge in [0.05, 0.1) is 10.8 Å². The van der Waals surface area contributed by atoms with Gasteiger partial charge in [0.1, 0.15) is 11.0 Å². The highest BCUT2D eigenvalue weighted by atomic mass is 32.2. The van der Waals surface area contributed by atoms with Crippen molar-refractivity contribution in [2.45, 2.75) is 56.2 Å². The maximum atomic E-state index is 13.0. The van der Waals surface area contributed by atoms with Gasteiger partial charge in [0, 0.05) is 36.1 Å². The number of esters is 1. The van der Waals surface area contributed by atoms with Crippen LogP contribution in [0.5, 0.6) is 0 Å². The van der Waals surface area contributed by atoms with E-state index in [1.54, 1.807) is 30.5 Å². The smallest absolute Gasteiger partial charge is 0.310 e. The van der Waals surface area contributed by atoms with Crippen molar-refractivity contribution in [2.24, 2.45) is 11.7 Å². The number of aromatic nitrogens is 1. The predicted molar refractivity (Wildman–Crippen MR) is 111 cm³/mol. The standard InChI is InChI=1S/C21H27N3O4S/c22-16-9-12-24(13-16)29(27)19-8-4-7-18-17(19)10-11-23(20(18)25)14-28-21(26)15-5-2-1-3-6-15/h4,7-8,10-11,15-16H,1-3,5-6,9,12-14,22H2. The molecule has 0 spiro atoms. The molecule has 2 unspecified atom stereocenters. The minimum absolute atomic E-state index is 0.0324. The maximum absolute atomic E-state index is 13.0. The van der Waals surface area contributed by atoms with Crippen molar-refractivity contribution in [1.29, 1.82) is 0 Å². The summed E-state index contributed by atoms with van der Waals surface area (Å²) in [4.78, 5) is 25.8. The Morgan fingerprint density at radius 3 is 2.66 bits per heavy atom. The van der Waals surface area contributed by atoms with Gasteiger partial charge in [0.2, 0.25) is 0 Å². The van der Waals surface area contributed by atoms with Crippen LogP contribution in [0, 0.1) is 5.92 Å². The average molecular weight is 418 g/mol. The Morgan fingerprint density at radius 1 is 1.14 bits per heavy atom. The first-order valence-electron chi connectivity index (χ1n) is 10.3. The molecule has 0 radical (unpaired) electrons. The molecule has 1 saturated carbocycles. The van der Waals surface area contributed by atoms with Crippen LogP contribution in [0.15, 0.2) is 40.2 Å². The van der Waals surface area contributed by atoms with Crippen LogP contribution in [0.4, 0.5) is 0 Å². The molecule has 1 aromatic heterocycles. The summed E-state index contributed by atoms with van der Waals surface area (Å²) in [6.45, 7) is 1.16. The van der Waals surface area contributed by atoms with Crippen LogP contribution in [-0.2, 0) is 27.2 Å². The number of pyridine rings is 1. The van der Waals surface area contributed by atoms with Gasteiger partial charge in [-0.25, -0.2) is 8.51 Å². The van der Waals surface area contributed by atoms with Gasteiger partial charge in [-0.2, -0.15) is 0 Å². The zero-order chi connectivity index (χ0) is 20.4. The number of hydrogen-bond donors (Lipinski definition) is 1. The fourth-order valence-electron chi connectivity index (χ4n) is 4.18. The summed E-state index contributed by atoms with van der Waals surface area (Å²) in [5.74, 6) is -0.280. The lowest BCUT2D eigenvalue weighted by Gasteiger charge is -2.20. The Morgan fingerprint density at radius 2 is 1.93 bits per heavy atom. The fraction of sp³-hybridized carbons (Fsp3) is 0.524. The van der Waals surface area contributed by atoms with Gasteiger partial charge in [0.25, 0.3) is 5.56 Å². The molecule has 1 aromatic carbocycles. The second-order valence-corrected chi connectivity index (χ2v) is 9.38. The molecule has 0 amide bonds. The highest BCUT2D eigenvalue weighted by Gasteiger charge is 2.26. The van der Waals surface area contributed by atoms with E-state index in [9.17, 15) is 13.8 Å². The summed E-state index contributed by atoms with van der Waals surface area (Å²) in [5.41, 5.74) is 5.68. The molecule has 2 fully saturated rings. The normalized spacial score (nSPS) is 22.0. The van der Waals surface area contributed by atoms with Crippen LogP contribution in [0.25, 0.3) is 10.8 Å². The zero-order valence-corrected chi connectivity index (χ0v) is 17.2. The van der Waals surface area contributed by atoms with Crippen LogP contribution in [0.2, 0.25) is 0 Å². The molecule has 2 aromatic rings. The van der Waals surface area contributed by atoms with Gasteiger partial charge >= 0.3 is 5.97 Å². The van der Waals surface area contributed by atoms with E-state index in [2.05, 4.69) is 0 Å². The second-order valence-electron chi connectivity index (χ2n) is 7.92. The number of nitrogens with two attached hydrogens (primary N) is 1. The van der Waals surface area contributed by atoms with Crippen molar-refractivity contribution in [2.75, 3.05) is 13.1 Å². The molecule has 7 nitrogen and oxygen atoms in total. The summed E-state index contributed by atoms with van der Waals surface area (Å²) in [7, 11) is -1.36. The van der Waals surface area contributed by atoms with Crippen LogP contribution >= 0.6 is 0 Å². The van der Waals surface area contributed by atoms with Gasteiger partial charge in [-0.1, -0.05) is 25.3 Å². The highest BCUT2D eigenvalue weighted by Crippen LogP contribution is 2.25. The molecule has 1 aliphatic heterocycles. The summed E-state index contributed by atoms with van der Waals surface area (Å²) >= 11 is 0. The van der Waals surface area contributed by atoms with E-state index in [0.29, 0.717) is 28.8 Å². The average Bonchev–Trinajstić information content (AvgIpc) is 3.19. The van der Waals surface area contributed by atoms with Crippen molar-refractivity contribution in [3.8, 4) is 0 Å². The topological polar surface area (TPSA) is 94.6 Å². The van der Waals surface area contributed by atoms with E-state index in [4.69, 9.17) is 10.5 Å². The first-order chi connectivity index (χ1) is 14.0. The van der Waals surface area contributed by atoms with Gasteiger partial charge in [0.15, 0.2) is 6.73 Å². The number of rotatable bonds is 5. The van der Waals surface area contributed by atoms with Gasteiger partial charge < -0.3 is 10.5 Å². The number of benzene rings is 1. The van der Waals surface area contributed by atoms with Gasteiger partial charge in [-0.3, -0.25) is 14.2 Å². The number of carbonyl (C=O) groups is 1. The number of ether oxygens (including phenoxy) is 1. The van der Waals surface area contributed by atoms with Crippen molar-refractivity contribution >= 4 is 27.7 Å².